The van der Waals surface area contributed by atoms with Gasteiger partial charge in [-0.05, 0) is 49.8 Å². The quantitative estimate of drug-likeness (QED) is 0.445. The molecule has 25 heavy (non-hydrogen) atoms. The fourth-order valence-electron chi connectivity index (χ4n) is 3.39. The van der Waals surface area contributed by atoms with Gasteiger partial charge < -0.3 is 4.90 Å². The maximum atomic E-state index is 3.96. The van der Waals surface area contributed by atoms with Gasteiger partial charge in [0.1, 0.15) is 4.70 Å². The molecule has 0 saturated carbocycles. The van der Waals surface area contributed by atoms with Crippen molar-refractivity contribution in [3.05, 3.63) is 70.2 Å². The van der Waals surface area contributed by atoms with Crippen LogP contribution in [0.2, 0.25) is 0 Å². The van der Waals surface area contributed by atoms with Crippen molar-refractivity contribution in [3.63, 3.8) is 0 Å². The van der Waals surface area contributed by atoms with Crippen LogP contribution in [0.25, 0.3) is 16.3 Å². The van der Waals surface area contributed by atoms with Crippen LogP contribution in [0.3, 0.4) is 0 Å². The van der Waals surface area contributed by atoms with E-state index in [2.05, 4.69) is 79.4 Å². The Labute approximate surface area is 157 Å². The fraction of sp³-hybridized carbons (Fsp3) is 0.190. The van der Waals surface area contributed by atoms with Crippen LogP contribution < -0.4 is 9.47 Å². The van der Waals surface area contributed by atoms with E-state index in [0.717, 1.165) is 6.54 Å². The topological polar surface area (TPSA) is 7.12 Å². The van der Waals surface area contributed by atoms with Crippen molar-refractivity contribution in [1.82, 2.24) is 0 Å². The Balaban J connectivity index is 1.86. The van der Waals surface area contributed by atoms with Crippen LogP contribution in [0.4, 0.5) is 5.69 Å². The highest BCUT2D eigenvalue weighted by molar-refractivity contribution is 8.03. The highest BCUT2D eigenvalue weighted by Crippen LogP contribution is 2.45. The molecule has 1 aliphatic heterocycles. The van der Waals surface area contributed by atoms with Crippen LogP contribution in [0, 0.1) is 13.8 Å². The molecule has 0 spiro atoms. The minimum Gasteiger partial charge on any atom is -0.338 e. The molecule has 1 aliphatic rings. The summed E-state index contributed by atoms with van der Waals surface area (Å²) in [5.74, 6) is 0. The Morgan fingerprint density at radius 3 is 2.76 bits per heavy atom. The van der Waals surface area contributed by atoms with Gasteiger partial charge in [0.2, 0.25) is 5.52 Å². The van der Waals surface area contributed by atoms with Gasteiger partial charge in [-0.1, -0.05) is 41.8 Å². The molecule has 2 nitrogen and oxygen atoms in total. The number of aryl methyl sites for hydroxylation is 2. The Morgan fingerprint density at radius 1 is 1.20 bits per heavy atom. The van der Waals surface area contributed by atoms with Crippen LogP contribution in [-0.2, 0) is 6.54 Å². The number of benzene rings is 2. The third-order valence-electron chi connectivity index (χ3n) is 4.49. The number of para-hydroxylation sites is 1. The monoisotopic (exact) mass is 365 g/mol. The van der Waals surface area contributed by atoms with Crippen molar-refractivity contribution >= 4 is 45.1 Å². The number of thiazole rings is 1. The lowest BCUT2D eigenvalue weighted by molar-refractivity contribution is -0.658. The summed E-state index contributed by atoms with van der Waals surface area (Å²) in [7, 11) is 2.14. The Bertz CT molecular complexity index is 1010. The molecule has 0 unspecified atom stereocenters. The maximum Gasteiger partial charge on any atom is 0.265 e. The molecule has 3 aromatic rings. The first-order valence-corrected chi connectivity index (χ1v) is 9.98. The van der Waals surface area contributed by atoms with E-state index in [1.54, 1.807) is 0 Å². The van der Waals surface area contributed by atoms with Gasteiger partial charge in [-0.25, -0.2) is 0 Å². The molecule has 126 valence electrons. The number of fused-ring (bicyclic) bond motifs is 2. The number of hydrogen-bond donors (Lipinski definition) is 0. The molecule has 0 atom stereocenters. The number of nitrogens with zero attached hydrogens (tertiary/aromatic N) is 2. The van der Waals surface area contributed by atoms with Crippen LogP contribution in [0.15, 0.2) is 59.0 Å². The number of hydrogen-bond acceptors (Lipinski definition) is 3. The average molecular weight is 366 g/mol. The van der Waals surface area contributed by atoms with Crippen molar-refractivity contribution in [3.8, 4) is 0 Å². The predicted octanol–water partition coefficient (Wildman–Crippen LogP) is 5.53. The molecule has 0 N–H and O–H groups in total. The van der Waals surface area contributed by atoms with Crippen molar-refractivity contribution in [2.45, 2.75) is 25.3 Å². The van der Waals surface area contributed by atoms with Gasteiger partial charge in [-0.2, -0.15) is 4.57 Å². The number of thioether (sulfide) groups is 1. The Morgan fingerprint density at radius 2 is 2.00 bits per heavy atom. The van der Waals surface area contributed by atoms with E-state index >= 15 is 0 Å². The second kappa shape index (κ2) is 6.36. The molecule has 0 bridgehead atoms. The summed E-state index contributed by atoms with van der Waals surface area (Å²) in [5.41, 5.74) is 5.25. The van der Waals surface area contributed by atoms with E-state index in [-0.39, 0.29) is 0 Å². The zero-order chi connectivity index (χ0) is 17.6. The first-order valence-electron chi connectivity index (χ1n) is 8.35. The second-order valence-corrected chi connectivity index (χ2v) is 8.50. The van der Waals surface area contributed by atoms with E-state index in [9.17, 15) is 0 Å². The summed E-state index contributed by atoms with van der Waals surface area (Å²) in [6.07, 6.45) is 4.29. The molecule has 0 saturated heterocycles. The van der Waals surface area contributed by atoms with E-state index in [1.165, 1.54) is 42.0 Å². The van der Waals surface area contributed by atoms with Crippen LogP contribution in [0.5, 0.6) is 0 Å². The molecule has 0 radical (unpaired) electrons. The first-order chi connectivity index (χ1) is 12.1. The summed E-state index contributed by atoms with van der Waals surface area (Å²) in [6.45, 7) is 9.15. The molecule has 0 aliphatic carbocycles. The summed E-state index contributed by atoms with van der Waals surface area (Å²) in [4.78, 5) is 3.60. The molecule has 2 aromatic carbocycles. The molecule has 1 aromatic heterocycles. The summed E-state index contributed by atoms with van der Waals surface area (Å²) in [5, 5.41) is 2.53. The molecule has 2 heterocycles. The molecule has 4 rings (SSSR count). The second-order valence-electron chi connectivity index (χ2n) is 6.38. The van der Waals surface area contributed by atoms with Gasteiger partial charge in [-0.15, -0.1) is 0 Å². The summed E-state index contributed by atoms with van der Waals surface area (Å²) < 4.78 is 3.72. The van der Waals surface area contributed by atoms with Gasteiger partial charge >= 0.3 is 0 Å². The molecular weight excluding hydrogens is 344 g/mol. The van der Waals surface area contributed by atoms with E-state index < -0.39 is 0 Å². The number of aromatic nitrogens is 1. The zero-order valence-corrected chi connectivity index (χ0v) is 16.4. The van der Waals surface area contributed by atoms with Crippen LogP contribution in [0.1, 0.15) is 16.1 Å². The lowest BCUT2D eigenvalue weighted by atomic mass is 10.1. The Hall–Kier alpha value is -2.04. The number of allylic oxidation sites excluding steroid dienone is 1. The molecular formula is C21H21N2S2+. The molecule has 0 amide bonds. The van der Waals surface area contributed by atoms with Gasteiger partial charge in [-0.3, -0.25) is 0 Å². The average Bonchev–Trinajstić information content (AvgIpc) is 3.07. The predicted molar refractivity (Wildman–Crippen MR) is 110 cm³/mol. The van der Waals surface area contributed by atoms with Crippen molar-refractivity contribution in [2.75, 3.05) is 11.9 Å². The minimum absolute atomic E-state index is 0.824. The van der Waals surface area contributed by atoms with E-state index in [1.807, 2.05) is 29.2 Å². The van der Waals surface area contributed by atoms with Gasteiger partial charge in [0.25, 0.3) is 5.01 Å². The van der Waals surface area contributed by atoms with Crippen LogP contribution in [-0.4, -0.2) is 7.05 Å². The lowest BCUT2D eigenvalue weighted by Crippen LogP contribution is -2.34. The van der Waals surface area contributed by atoms with Crippen molar-refractivity contribution in [1.29, 1.82) is 0 Å². The van der Waals surface area contributed by atoms with Crippen molar-refractivity contribution < 1.29 is 4.57 Å². The first kappa shape index (κ1) is 16.4. The molecule has 4 heteroatoms. The standard InChI is InChI=1S/C21H21N2S2/c1-5-10-23-20(25-18-12-14(2)11-15(3)21(18)23)13-19-22(4)16-8-6-7-9-17(16)24-19/h5-9,11-13H,1,10H2,2-4H3/q+1. The normalized spacial score (nSPS) is 15.2. The SMILES string of the molecule is C=CC[n+]1c(/C=C2/Sc3ccccc3N2C)sc2cc(C)cc(C)c21. The highest BCUT2D eigenvalue weighted by atomic mass is 32.2. The largest absolute Gasteiger partial charge is 0.338 e. The fourth-order valence-corrected chi connectivity index (χ4v) is 5.84. The zero-order valence-electron chi connectivity index (χ0n) is 14.7. The number of rotatable bonds is 3. The summed E-state index contributed by atoms with van der Waals surface area (Å²) >= 11 is 3.70. The third kappa shape index (κ3) is 2.79. The number of anilines is 1. The van der Waals surface area contributed by atoms with Crippen LogP contribution >= 0.6 is 23.1 Å². The van der Waals surface area contributed by atoms with Gasteiger partial charge in [0.05, 0.1) is 16.8 Å². The third-order valence-corrected chi connectivity index (χ3v) is 6.74. The highest BCUT2D eigenvalue weighted by Gasteiger charge is 2.25. The maximum absolute atomic E-state index is 3.96. The van der Waals surface area contributed by atoms with E-state index in [4.69, 9.17) is 0 Å². The Kier molecular flexibility index (Phi) is 4.18. The smallest absolute Gasteiger partial charge is 0.265 e. The van der Waals surface area contributed by atoms with Crippen molar-refractivity contribution in [2.24, 2.45) is 0 Å². The lowest BCUT2D eigenvalue weighted by Gasteiger charge is -2.12. The summed E-state index contributed by atoms with van der Waals surface area (Å²) in [6, 6.07) is 13.1. The minimum atomic E-state index is 0.824. The molecule has 0 fully saturated rings. The van der Waals surface area contributed by atoms with Gasteiger partial charge in [0, 0.05) is 17.5 Å². The van der Waals surface area contributed by atoms with E-state index in [0.29, 0.717) is 0 Å². The van der Waals surface area contributed by atoms with Gasteiger partial charge in [0.15, 0.2) is 6.54 Å².